The van der Waals surface area contributed by atoms with E-state index in [4.69, 9.17) is 9.84 Å². The van der Waals surface area contributed by atoms with Gasteiger partial charge >= 0.3 is 5.97 Å². The zero-order chi connectivity index (χ0) is 10.3. The average molecular weight is 189 g/mol. The number of carboxylic acids is 1. The second-order valence-corrected chi connectivity index (χ2v) is 2.59. The van der Waals surface area contributed by atoms with Crippen LogP contribution in [0.2, 0.25) is 0 Å². The second kappa shape index (κ2) is 6.86. The first-order valence-corrected chi connectivity index (χ1v) is 4.80. The summed E-state index contributed by atoms with van der Waals surface area (Å²) in [7, 11) is 0. The number of ether oxygens (including phenoxy) is 1. The van der Waals surface area contributed by atoms with Crippen molar-refractivity contribution in [3.63, 3.8) is 0 Å². The number of nitrogens with zero attached hydrogens (tertiary/aromatic N) is 1. The fourth-order valence-electron chi connectivity index (χ4n) is 1.14. The molecule has 13 heavy (non-hydrogen) atoms. The van der Waals surface area contributed by atoms with Crippen LogP contribution in [0.25, 0.3) is 0 Å². The van der Waals surface area contributed by atoms with Crippen molar-refractivity contribution in [2.75, 3.05) is 26.2 Å². The lowest BCUT2D eigenvalue weighted by Crippen LogP contribution is -2.45. The zero-order valence-electron chi connectivity index (χ0n) is 8.62. The van der Waals surface area contributed by atoms with Crippen LogP contribution in [0.15, 0.2) is 0 Å². The molecule has 1 rings (SSSR count). The Labute approximate surface area is 79.5 Å². The molecule has 1 unspecified atom stereocenters. The number of hydrogen-bond acceptors (Lipinski definition) is 3. The topological polar surface area (TPSA) is 49.8 Å². The Balaban J connectivity index is 0.000000671. The van der Waals surface area contributed by atoms with E-state index >= 15 is 0 Å². The highest BCUT2D eigenvalue weighted by molar-refractivity contribution is 5.72. The van der Waals surface area contributed by atoms with Gasteiger partial charge in [-0.1, -0.05) is 20.8 Å². The van der Waals surface area contributed by atoms with Crippen LogP contribution in [0.1, 0.15) is 20.8 Å². The molecule has 4 heteroatoms. The minimum atomic E-state index is -0.858. The van der Waals surface area contributed by atoms with Crippen molar-refractivity contribution in [1.29, 1.82) is 0 Å². The van der Waals surface area contributed by atoms with Crippen LogP contribution in [0.5, 0.6) is 0 Å². The number of hydrogen-bond donors (Lipinski definition) is 1. The molecule has 1 fully saturated rings. The van der Waals surface area contributed by atoms with Gasteiger partial charge < -0.3 is 9.84 Å². The molecule has 1 N–H and O–H groups in total. The van der Waals surface area contributed by atoms with Crippen LogP contribution in [0.3, 0.4) is 0 Å². The molecular formula is C9H19NO3. The lowest BCUT2D eigenvalue weighted by atomic mass is 10.3. The highest BCUT2D eigenvalue weighted by Crippen LogP contribution is 2.03. The predicted octanol–water partition coefficient (Wildman–Crippen LogP) is 0.818. The number of morpholine rings is 1. The van der Waals surface area contributed by atoms with Gasteiger partial charge in [0.15, 0.2) is 6.10 Å². The number of aliphatic carboxylic acids is 1. The Kier molecular flexibility index (Phi) is 6.54. The maximum atomic E-state index is 10.5. The number of likely N-dealkylation sites (N-methyl/N-ethyl adjacent to an activating group) is 1. The van der Waals surface area contributed by atoms with Crippen molar-refractivity contribution in [1.82, 2.24) is 4.90 Å². The van der Waals surface area contributed by atoms with Crippen molar-refractivity contribution >= 4 is 5.97 Å². The molecule has 0 aromatic carbocycles. The maximum absolute atomic E-state index is 10.5. The fourth-order valence-corrected chi connectivity index (χ4v) is 1.14. The van der Waals surface area contributed by atoms with Gasteiger partial charge in [-0.05, 0) is 6.54 Å². The first-order valence-electron chi connectivity index (χ1n) is 4.80. The van der Waals surface area contributed by atoms with E-state index in [1.165, 1.54) is 0 Å². The van der Waals surface area contributed by atoms with Gasteiger partial charge in [0.25, 0.3) is 0 Å². The van der Waals surface area contributed by atoms with Gasteiger partial charge in [0.1, 0.15) is 0 Å². The molecule has 1 aliphatic heterocycles. The molecule has 1 heterocycles. The SMILES string of the molecule is CC.CCN1CCOC(C(=O)O)C1. The van der Waals surface area contributed by atoms with E-state index in [9.17, 15) is 4.79 Å². The Morgan fingerprint density at radius 1 is 1.62 bits per heavy atom. The van der Waals surface area contributed by atoms with E-state index < -0.39 is 12.1 Å². The smallest absolute Gasteiger partial charge is 0.334 e. The standard InChI is InChI=1S/C7H13NO3.C2H6/c1-2-8-3-4-11-6(5-8)7(9)10;1-2/h6H,2-5H2,1H3,(H,9,10);1-2H3. The van der Waals surface area contributed by atoms with E-state index in [-0.39, 0.29) is 0 Å². The average Bonchev–Trinajstić information content (AvgIpc) is 2.21. The van der Waals surface area contributed by atoms with Crippen LogP contribution < -0.4 is 0 Å². The van der Waals surface area contributed by atoms with Crippen molar-refractivity contribution in [2.24, 2.45) is 0 Å². The lowest BCUT2D eigenvalue weighted by Gasteiger charge is -2.29. The van der Waals surface area contributed by atoms with E-state index in [2.05, 4.69) is 4.90 Å². The number of rotatable bonds is 2. The van der Waals surface area contributed by atoms with Gasteiger partial charge in [0.2, 0.25) is 0 Å². The first-order chi connectivity index (χ1) is 6.24. The zero-order valence-corrected chi connectivity index (χ0v) is 8.62. The van der Waals surface area contributed by atoms with Crippen molar-refractivity contribution in [3.05, 3.63) is 0 Å². The summed E-state index contributed by atoms with van der Waals surface area (Å²) in [6.45, 7) is 8.81. The molecule has 0 spiro atoms. The summed E-state index contributed by atoms with van der Waals surface area (Å²) >= 11 is 0. The van der Waals surface area contributed by atoms with Crippen molar-refractivity contribution < 1.29 is 14.6 Å². The lowest BCUT2D eigenvalue weighted by molar-refractivity contribution is -0.155. The third kappa shape index (κ3) is 4.24. The molecule has 0 aromatic rings. The predicted molar refractivity (Wildman–Crippen MR) is 50.8 cm³/mol. The van der Waals surface area contributed by atoms with Gasteiger partial charge in [-0.15, -0.1) is 0 Å². The van der Waals surface area contributed by atoms with Gasteiger partial charge in [-0.25, -0.2) is 4.79 Å². The summed E-state index contributed by atoms with van der Waals surface area (Å²) in [5, 5.41) is 8.60. The molecule has 78 valence electrons. The van der Waals surface area contributed by atoms with Crippen molar-refractivity contribution in [2.45, 2.75) is 26.9 Å². The second-order valence-electron chi connectivity index (χ2n) is 2.59. The highest BCUT2D eigenvalue weighted by Gasteiger charge is 2.24. The molecule has 0 radical (unpaired) electrons. The molecule has 0 amide bonds. The summed E-state index contributed by atoms with van der Waals surface area (Å²) in [5.74, 6) is -0.858. The van der Waals surface area contributed by atoms with E-state index in [1.807, 2.05) is 20.8 Å². The first kappa shape index (κ1) is 12.4. The third-order valence-electron chi connectivity index (χ3n) is 1.87. The minimum Gasteiger partial charge on any atom is -0.479 e. The summed E-state index contributed by atoms with van der Waals surface area (Å²) in [6.07, 6.45) is -0.622. The molecule has 0 aliphatic carbocycles. The summed E-state index contributed by atoms with van der Waals surface area (Å²) in [4.78, 5) is 12.5. The number of carboxylic acid groups (broad SMARTS) is 1. The fraction of sp³-hybridized carbons (Fsp3) is 0.889. The van der Waals surface area contributed by atoms with Crippen LogP contribution in [0.4, 0.5) is 0 Å². The Bertz CT molecular complexity index is 150. The van der Waals surface area contributed by atoms with Gasteiger partial charge in [-0.2, -0.15) is 0 Å². The van der Waals surface area contributed by atoms with E-state index in [1.54, 1.807) is 0 Å². The van der Waals surface area contributed by atoms with E-state index in [0.717, 1.165) is 13.1 Å². The van der Waals surface area contributed by atoms with E-state index in [0.29, 0.717) is 13.2 Å². The normalized spacial score (nSPS) is 23.2. The molecule has 1 aliphatic rings. The molecule has 1 atom stereocenters. The summed E-state index contributed by atoms with van der Waals surface area (Å²) in [5.41, 5.74) is 0. The molecular weight excluding hydrogens is 170 g/mol. The quantitative estimate of drug-likeness (QED) is 0.698. The molecule has 0 bridgehead atoms. The minimum absolute atomic E-state index is 0.520. The molecule has 0 aromatic heterocycles. The molecule has 4 nitrogen and oxygen atoms in total. The largest absolute Gasteiger partial charge is 0.479 e. The van der Waals surface area contributed by atoms with Crippen molar-refractivity contribution in [3.8, 4) is 0 Å². The summed E-state index contributed by atoms with van der Waals surface area (Å²) < 4.78 is 5.03. The van der Waals surface area contributed by atoms with Crippen LogP contribution >= 0.6 is 0 Å². The van der Waals surface area contributed by atoms with Crippen LogP contribution in [-0.4, -0.2) is 48.3 Å². The Hall–Kier alpha value is -0.610. The van der Waals surface area contributed by atoms with Crippen LogP contribution in [0, 0.1) is 0 Å². The Morgan fingerprint density at radius 3 is 2.69 bits per heavy atom. The van der Waals surface area contributed by atoms with Gasteiger partial charge in [-0.3, -0.25) is 4.90 Å². The maximum Gasteiger partial charge on any atom is 0.334 e. The summed E-state index contributed by atoms with van der Waals surface area (Å²) in [6, 6.07) is 0. The monoisotopic (exact) mass is 189 g/mol. The molecule has 0 saturated carbocycles. The third-order valence-corrected chi connectivity index (χ3v) is 1.87. The Morgan fingerprint density at radius 2 is 2.23 bits per heavy atom. The van der Waals surface area contributed by atoms with Gasteiger partial charge in [0, 0.05) is 13.1 Å². The number of carbonyl (C=O) groups is 1. The van der Waals surface area contributed by atoms with Gasteiger partial charge in [0.05, 0.1) is 6.61 Å². The molecule has 1 saturated heterocycles. The van der Waals surface area contributed by atoms with Crippen LogP contribution in [-0.2, 0) is 9.53 Å². The highest BCUT2D eigenvalue weighted by atomic mass is 16.5.